The third-order valence-corrected chi connectivity index (χ3v) is 3.15. The molecule has 0 radical (unpaired) electrons. The first-order chi connectivity index (χ1) is 9.70. The number of ether oxygens (including phenoxy) is 1. The van der Waals surface area contributed by atoms with Crippen molar-refractivity contribution in [2.24, 2.45) is 0 Å². The molecule has 1 aromatic carbocycles. The average molecular weight is 338 g/mol. The topological polar surface area (TPSA) is 63.2 Å². The van der Waals surface area contributed by atoms with Crippen LogP contribution in [0, 0.1) is 0 Å². The minimum atomic E-state index is -0.0988. The van der Waals surface area contributed by atoms with E-state index >= 15 is 0 Å². The molecule has 5 nitrogen and oxygen atoms in total. The van der Waals surface area contributed by atoms with Crippen molar-refractivity contribution in [2.75, 3.05) is 32.1 Å². The van der Waals surface area contributed by atoms with Crippen LogP contribution in [0.5, 0.6) is 0 Å². The summed E-state index contributed by atoms with van der Waals surface area (Å²) in [7, 11) is 1.63. The fourth-order valence-electron chi connectivity index (χ4n) is 1.81. The quantitative estimate of drug-likeness (QED) is 0.793. The van der Waals surface area contributed by atoms with Crippen LogP contribution < -0.4 is 10.6 Å². The number of amides is 1. The summed E-state index contributed by atoms with van der Waals surface area (Å²) in [6, 6.07) is 7.66. The minimum Gasteiger partial charge on any atom is -0.383 e. The molecule has 0 aliphatic carbocycles. The lowest BCUT2D eigenvalue weighted by molar-refractivity contribution is -0.115. The van der Waals surface area contributed by atoms with Gasteiger partial charge in [0.05, 0.1) is 24.4 Å². The number of halogens is 1. The second-order valence-corrected chi connectivity index (χ2v) is 5.16. The monoisotopic (exact) mass is 337 g/mol. The van der Waals surface area contributed by atoms with Crippen molar-refractivity contribution in [3.05, 3.63) is 34.9 Å². The zero-order valence-electron chi connectivity index (χ0n) is 11.1. The molecule has 0 aliphatic rings. The summed E-state index contributed by atoms with van der Waals surface area (Å²) < 4.78 is 5.81. The molecule has 20 heavy (non-hydrogen) atoms. The molecule has 0 aliphatic heterocycles. The number of para-hydroxylation sites is 1. The van der Waals surface area contributed by atoms with Gasteiger partial charge in [-0.3, -0.25) is 9.78 Å². The molecule has 1 amide bonds. The van der Waals surface area contributed by atoms with Crippen molar-refractivity contribution in [3.8, 4) is 0 Å². The second-order valence-electron chi connectivity index (χ2n) is 4.25. The van der Waals surface area contributed by atoms with Crippen molar-refractivity contribution in [1.82, 2.24) is 10.3 Å². The fraction of sp³-hybridized carbons (Fsp3) is 0.286. The van der Waals surface area contributed by atoms with Gasteiger partial charge in [0.2, 0.25) is 5.91 Å². The lowest BCUT2D eigenvalue weighted by Crippen LogP contribution is -2.30. The van der Waals surface area contributed by atoms with E-state index in [4.69, 9.17) is 4.74 Å². The lowest BCUT2D eigenvalue weighted by atomic mass is 10.2. The Bertz CT molecular complexity index is 604. The van der Waals surface area contributed by atoms with Crippen LogP contribution in [0.3, 0.4) is 0 Å². The van der Waals surface area contributed by atoms with E-state index in [1.54, 1.807) is 13.3 Å². The van der Waals surface area contributed by atoms with Gasteiger partial charge in [-0.25, -0.2) is 0 Å². The van der Waals surface area contributed by atoms with Gasteiger partial charge >= 0.3 is 0 Å². The van der Waals surface area contributed by atoms with Gasteiger partial charge in [-0.1, -0.05) is 12.1 Å². The smallest absolute Gasteiger partial charge is 0.238 e. The number of fused-ring (bicyclic) bond motifs is 1. The van der Waals surface area contributed by atoms with Crippen molar-refractivity contribution >= 4 is 38.4 Å². The van der Waals surface area contributed by atoms with E-state index in [0.29, 0.717) is 18.8 Å². The van der Waals surface area contributed by atoms with Crippen molar-refractivity contribution in [3.63, 3.8) is 0 Å². The number of anilines is 1. The maximum absolute atomic E-state index is 11.8. The highest BCUT2D eigenvalue weighted by molar-refractivity contribution is 9.10. The Morgan fingerprint density at radius 1 is 1.45 bits per heavy atom. The van der Waals surface area contributed by atoms with Crippen LogP contribution >= 0.6 is 15.9 Å². The Balaban J connectivity index is 2.04. The number of pyridine rings is 1. The highest BCUT2D eigenvalue weighted by atomic mass is 79.9. The molecule has 2 N–H and O–H groups in total. The first kappa shape index (κ1) is 14.9. The molecule has 0 atom stereocenters. The highest BCUT2D eigenvalue weighted by Crippen LogP contribution is 2.23. The van der Waals surface area contributed by atoms with E-state index in [9.17, 15) is 4.79 Å². The standard InChI is InChI=1S/C14H16BrN3O2/c1-20-6-5-16-9-13(19)18-12-4-2-3-10-7-11(15)8-17-14(10)12/h2-4,7-8,16H,5-6,9H2,1H3,(H,18,19). The van der Waals surface area contributed by atoms with Gasteiger partial charge in [0.1, 0.15) is 0 Å². The molecule has 2 aromatic rings. The predicted molar refractivity (Wildman–Crippen MR) is 82.8 cm³/mol. The summed E-state index contributed by atoms with van der Waals surface area (Å²) in [5, 5.41) is 6.84. The Labute approximate surface area is 125 Å². The van der Waals surface area contributed by atoms with Crippen LogP contribution in [0.2, 0.25) is 0 Å². The molecule has 0 unspecified atom stereocenters. The van der Waals surface area contributed by atoms with E-state index in [1.165, 1.54) is 0 Å². The maximum Gasteiger partial charge on any atom is 0.238 e. The molecule has 0 saturated heterocycles. The molecule has 0 bridgehead atoms. The first-order valence-electron chi connectivity index (χ1n) is 6.24. The third-order valence-electron chi connectivity index (χ3n) is 2.72. The Hall–Kier alpha value is -1.50. The van der Waals surface area contributed by atoms with Crippen molar-refractivity contribution in [2.45, 2.75) is 0 Å². The minimum absolute atomic E-state index is 0.0988. The van der Waals surface area contributed by atoms with E-state index in [2.05, 4.69) is 31.5 Å². The summed E-state index contributed by atoms with van der Waals surface area (Å²) in [5.74, 6) is -0.0988. The number of methoxy groups -OCH3 is 1. The molecular formula is C14H16BrN3O2. The van der Waals surface area contributed by atoms with Gasteiger partial charge in [-0.2, -0.15) is 0 Å². The van der Waals surface area contributed by atoms with Gasteiger partial charge in [0.15, 0.2) is 0 Å². The van der Waals surface area contributed by atoms with Gasteiger partial charge in [-0.15, -0.1) is 0 Å². The van der Waals surface area contributed by atoms with Gasteiger partial charge in [0, 0.05) is 29.7 Å². The van der Waals surface area contributed by atoms with Crippen LogP contribution in [-0.2, 0) is 9.53 Å². The molecule has 0 saturated carbocycles. The SMILES string of the molecule is COCCNCC(=O)Nc1cccc2cc(Br)cnc12. The van der Waals surface area contributed by atoms with Crippen LogP contribution in [0.15, 0.2) is 34.9 Å². The second kappa shape index (κ2) is 7.33. The lowest BCUT2D eigenvalue weighted by Gasteiger charge is -2.09. The summed E-state index contributed by atoms with van der Waals surface area (Å²) >= 11 is 3.39. The van der Waals surface area contributed by atoms with Gasteiger partial charge < -0.3 is 15.4 Å². The number of rotatable bonds is 6. The zero-order valence-corrected chi connectivity index (χ0v) is 12.7. The highest BCUT2D eigenvalue weighted by Gasteiger charge is 2.06. The normalized spacial score (nSPS) is 10.7. The zero-order chi connectivity index (χ0) is 14.4. The summed E-state index contributed by atoms with van der Waals surface area (Å²) in [4.78, 5) is 16.2. The Morgan fingerprint density at radius 3 is 3.10 bits per heavy atom. The Morgan fingerprint density at radius 2 is 2.30 bits per heavy atom. The molecule has 6 heteroatoms. The number of aromatic nitrogens is 1. The molecule has 1 aromatic heterocycles. The molecule has 0 spiro atoms. The van der Waals surface area contributed by atoms with Crippen LogP contribution in [0.4, 0.5) is 5.69 Å². The average Bonchev–Trinajstić information content (AvgIpc) is 2.43. The van der Waals surface area contributed by atoms with Crippen LogP contribution in [0.1, 0.15) is 0 Å². The predicted octanol–water partition coefficient (Wildman–Crippen LogP) is 2.17. The third kappa shape index (κ3) is 4.00. The molecule has 106 valence electrons. The van der Waals surface area contributed by atoms with E-state index < -0.39 is 0 Å². The fourth-order valence-corrected chi connectivity index (χ4v) is 2.15. The largest absolute Gasteiger partial charge is 0.383 e. The van der Waals surface area contributed by atoms with Crippen LogP contribution in [-0.4, -0.2) is 37.7 Å². The van der Waals surface area contributed by atoms with E-state index in [1.807, 2.05) is 24.3 Å². The molecule has 1 heterocycles. The molecular weight excluding hydrogens is 322 g/mol. The summed E-state index contributed by atoms with van der Waals surface area (Å²) in [6.45, 7) is 1.47. The van der Waals surface area contributed by atoms with Gasteiger partial charge in [0.25, 0.3) is 0 Å². The van der Waals surface area contributed by atoms with Crippen LogP contribution in [0.25, 0.3) is 10.9 Å². The number of nitrogens with one attached hydrogen (secondary N) is 2. The number of benzene rings is 1. The first-order valence-corrected chi connectivity index (χ1v) is 7.04. The number of carbonyl (C=O) groups is 1. The van der Waals surface area contributed by atoms with Gasteiger partial charge in [-0.05, 0) is 28.1 Å². The van der Waals surface area contributed by atoms with E-state index in [0.717, 1.165) is 15.4 Å². The molecule has 2 rings (SSSR count). The Kier molecular flexibility index (Phi) is 5.46. The number of hydrogen-bond acceptors (Lipinski definition) is 4. The number of hydrogen-bond donors (Lipinski definition) is 2. The van der Waals surface area contributed by atoms with Crippen molar-refractivity contribution < 1.29 is 9.53 Å². The van der Waals surface area contributed by atoms with Crippen molar-refractivity contribution in [1.29, 1.82) is 0 Å². The number of nitrogens with zero attached hydrogens (tertiary/aromatic N) is 1. The number of carbonyl (C=O) groups excluding carboxylic acids is 1. The summed E-state index contributed by atoms with van der Waals surface area (Å²) in [5.41, 5.74) is 1.49. The van der Waals surface area contributed by atoms with E-state index in [-0.39, 0.29) is 12.5 Å². The maximum atomic E-state index is 11.8. The summed E-state index contributed by atoms with van der Waals surface area (Å²) in [6.07, 6.45) is 1.72. The molecule has 0 fully saturated rings.